The summed E-state index contributed by atoms with van der Waals surface area (Å²) in [6, 6.07) is 5.98. The number of nitrogens with one attached hydrogen (secondary N) is 1. The number of methoxy groups -OCH3 is 1. The zero-order valence-electron chi connectivity index (χ0n) is 14.0. The second kappa shape index (κ2) is 8.74. The van der Waals surface area contributed by atoms with E-state index in [9.17, 15) is 5.11 Å². The standard InChI is InChI=1S/C17H26N2O4/c1-12(2)18-10-13(20)11-23-19-16-5-4-8-22-17-7-6-14(21-3)9-15(16)17/h6-7,9,12-13,18,20H,4-5,8,10-11H2,1-3H3/b19-16+. The fourth-order valence-corrected chi connectivity index (χ4v) is 2.27. The van der Waals surface area contributed by atoms with Crippen LogP contribution in [-0.4, -0.2) is 49.8 Å². The molecule has 0 fully saturated rings. The SMILES string of the molecule is COc1ccc2c(c1)/C(=N/OCC(O)CNC(C)C)CCCO2. The number of hydrogen-bond donors (Lipinski definition) is 2. The molecule has 0 saturated heterocycles. The highest BCUT2D eigenvalue weighted by atomic mass is 16.6. The van der Waals surface area contributed by atoms with E-state index in [2.05, 4.69) is 10.5 Å². The molecule has 0 saturated carbocycles. The molecule has 6 heteroatoms. The molecule has 1 heterocycles. The van der Waals surface area contributed by atoms with Crippen LogP contribution in [0.4, 0.5) is 0 Å². The number of fused-ring (bicyclic) bond motifs is 1. The van der Waals surface area contributed by atoms with Gasteiger partial charge in [0, 0.05) is 18.2 Å². The van der Waals surface area contributed by atoms with Gasteiger partial charge in [-0.05, 0) is 31.0 Å². The van der Waals surface area contributed by atoms with Crippen LogP contribution in [0.3, 0.4) is 0 Å². The van der Waals surface area contributed by atoms with Gasteiger partial charge in [0.15, 0.2) is 0 Å². The van der Waals surface area contributed by atoms with Gasteiger partial charge in [-0.1, -0.05) is 19.0 Å². The minimum atomic E-state index is -0.589. The second-order valence-corrected chi connectivity index (χ2v) is 5.86. The molecule has 1 aliphatic heterocycles. The van der Waals surface area contributed by atoms with Gasteiger partial charge < -0.3 is 24.7 Å². The van der Waals surface area contributed by atoms with E-state index in [1.165, 1.54) is 0 Å². The Balaban J connectivity index is 2.01. The van der Waals surface area contributed by atoms with Crippen molar-refractivity contribution in [2.24, 2.45) is 5.16 Å². The van der Waals surface area contributed by atoms with Crippen molar-refractivity contribution in [3.63, 3.8) is 0 Å². The van der Waals surface area contributed by atoms with E-state index in [1.807, 2.05) is 32.0 Å². The van der Waals surface area contributed by atoms with Crippen LogP contribution in [0.1, 0.15) is 32.3 Å². The second-order valence-electron chi connectivity index (χ2n) is 5.86. The molecule has 0 radical (unpaired) electrons. The van der Waals surface area contributed by atoms with Crippen molar-refractivity contribution in [1.29, 1.82) is 0 Å². The third-order valence-electron chi connectivity index (χ3n) is 3.52. The molecule has 2 rings (SSSR count). The lowest BCUT2D eigenvalue weighted by Gasteiger charge is -2.13. The number of aliphatic hydroxyl groups is 1. The molecule has 0 aromatic heterocycles. The maximum absolute atomic E-state index is 9.86. The molecule has 0 aliphatic carbocycles. The summed E-state index contributed by atoms with van der Waals surface area (Å²) in [7, 11) is 1.63. The number of ether oxygens (including phenoxy) is 2. The summed E-state index contributed by atoms with van der Waals surface area (Å²) in [6.07, 6.45) is 1.05. The summed E-state index contributed by atoms with van der Waals surface area (Å²) in [6.45, 7) is 5.35. The lowest BCUT2D eigenvalue weighted by Crippen LogP contribution is -2.34. The van der Waals surface area contributed by atoms with E-state index in [-0.39, 0.29) is 6.61 Å². The minimum absolute atomic E-state index is 0.156. The summed E-state index contributed by atoms with van der Waals surface area (Å²) < 4.78 is 11.0. The van der Waals surface area contributed by atoms with Crippen molar-refractivity contribution in [2.45, 2.75) is 38.8 Å². The van der Waals surface area contributed by atoms with Crippen molar-refractivity contribution in [3.05, 3.63) is 23.8 Å². The minimum Gasteiger partial charge on any atom is -0.497 e. The first-order valence-electron chi connectivity index (χ1n) is 8.01. The molecule has 128 valence electrons. The van der Waals surface area contributed by atoms with Crippen molar-refractivity contribution < 1.29 is 19.4 Å². The van der Waals surface area contributed by atoms with Gasteiger partial charge >= 0.3 is 0 Å². The van der Waals surface area contributed by atoms with Crippen LogP contribution in [-0.2, 0) is 4.84 Å². The van der Waals surface area contributed by atoms with Crippen molar-refractivity contribution in [1.82, 2.24) is 5.32 Å². The van der Waals surface area contributed by atoms with Crippen molar-refractivity contribution >= 4 is 5.71 Å². The summed E-state index contributed by atoms with van der Waals surface area (Å²) in [5.74, 6) is 1.54. The lowest BCUT2D eigenvalue weighted by molar-refractivity contribution is 0.0392. The fourth-order valence-electron chi connectivity index (χ4n) is 2.27. The summed E-state index contributed by atoms with van der Waals surface area (Å²) in [5, 5.41) is 17.2. The molecular weight excluding hydrogens is 296 g/mol. The van der Waals surface area contributed by atoms with Crippen LogP contribution in [0, 0.1) is 0 Å². The van der Waals surface area contributed by atoms with Crippen LogP contribution in [0.25, 0.3) is 0 Å². The first-order valence-corrected chi connectivity index (χ1v) is 8.01. The Morgan fingerprint density at radius 2 is 2.22 bits per heavy atom. The first kappa shape index (κ1) is 17.6. The molecular formula is C17H26N2O4. The molecule has 1 aromatic rings. The Bertz CT molecular complexity index is 531. The number of hydrogen-bond acceptors (Lipinski definition) is 6. The number of nitrogens with zero attached hydrogens (tertiary/aromatic N) is 1. The maximum Gasteiger partial charge on any atom is 0.144 e. The van der Waals surface area contributed by atoms with Crippen LogP contribution in [0.5, 0.6) is 11.5 Å². The smallest absolute Gasteiger partial charge is 0.144 e. The Hall–Kier alpha value is -1.79. The van der Waals surface area contributed by atoms with Crippen LogP contribution >= 0.6 is 0 Å². The van der Waals surface area contributed by atoms with E-state index in [1.54, 1.807) is 7.11 Å². The topological polar surface area (TPSA) is 72.3 Å². The largest absolute Gasteiger partial charge is 0.497 e. The van der Waals surface area contributed by atoms with Gasteiger partial charge in [-0.25, -0.2) is 0 Å². The van der Waals surface area contributed by atoms with Gasteiger partial charge in [-0.15, -0.1) is 0 Å². The number of rotatable bonds is 7. The third-order valence-corrected chi connectivity index (χ3v) is 3.52. The highest BCUT2D eigenvalue weighted by Crippen LogP contribution is 2.28. The summed E-state index contributed by atoms with van der Waals surface area (Å²) in [4.78, 5) is 5.35. The highest BCUT2D eigenvalue weighted by Gasteiger charge is 2.17. The van der Waals surface area contributed by atoms with Gasteiger partial charge in [0.1, 0.15) is 24.2 Å². The third kappa shape index (κ3) is 5.41. The molecule has 1 aliphatic rings. The zero-order valence-corrected chi connectivity index (χ0v) is 14.0. The molecule has 1 aromatic carbocycles. The van der Waals surface area contributed by atoms with Gasteiger partial charge in [-0.3, -0.25) is 0 Å². The summed E-state index contributed by atoms with van der Waals surface area (Å²) in [5.41, 5.74) is 1.71. The fraction of sp³-hybridized carbons (Fsp3) is 0.588. The molecule has 1 atom stereocenters. The first-order chi connectivity index (χ1) is 11.1. The number of benzene rings is 1. The van der Waals surface area contributed by atoms with E-state index < -0.39 is 6.10 Å². The van der Waals surface area contributed by atoms with Gasteiger partial charge in [-0.2, -0.15) is 0 Å². The lowest BCUT2D eigenvalue weighted by atomic mass is 10.1. The molecule has 0 amide bonds. The predicted molar refractivity (Wildman–Crippen MR) is 89.4 cm³/mol. The number of aliphatic hydroxyl groups excluding tert-OH is 1. The van der Waals surface area contributed by atoms with E-state index in [0.717, 1.165) is 35.6 Å². The quantitative estimate of drug-likeness (QED) is 0.751. The van der Waals surface area contributed by atoms with Gasteiger partial charge in [0.05, 0.1) is 19.4 Å². The molecule has 2 N–H and O–H groups in total. The summed E-state index contributed by atoms with van der Waals surface area (Å²) >= 11 is 0. The monoisotopic (exact) mass is 322 g/mol. The van der Waals surface area contributed by atoms with Crippen molar-refractivity contribution in [2.75, 3.05) is 26.9 Å². The van der Waals surface area contributed by atoms with Gasteiger partial charge in [0.25, 0.3) is 0 Å². The predicted octanol–water partition coefficient (Wildman–Crippen LogP) is 1.95. The zero-order chi connectivity index (χ0) is 16.7. The molecule has 0 spiro atoms. The van der Waals surface area contributed by atoms with Crippen LogP contribution in [0.2, 0.25) is 0 Å². The Kier molecular flexibility index (Phi) is 6.67. The highest BCUT2D eigenvalue weighted by molar-refractivity contribution is 6.03. The van der Waals surface area contributed by atoms with E-state index in [0.29, 0.717) is 19.2 Å². The van der Waals surface area contributed by atoms with E-state index in [4.69, 9.17) is 14.3 Å². The van der Waals surface area contributed by atoms with E-state index >= 15 is 0 Å². The molecule has 0 bridgehead atoms. The average Bonchev–Trinajstić information content (AvgIpc) is 2.74. The molecule has 1 unspecified atom stereocenters. The van der Waals surface area contributed by atoms with Crippen molar-refractivity contribution in [3.8, 4) is 11.5 Å². The maximum atomic E-state index is 9.86. The Morgan fingerprint density at radius 3 is 2.96 bits per heavy atom. The molecule has 6 nitrogen and oxygen atoms in total. The van der Waals surface area contributed by atoms with Gasteiger partial charge in [0.2, 0.25) is 0 Å². The van der Waals surface area contributed by atoms with Crippen LogP contribution < -0.4 is 14.8 Å². The van der Waals surface area contributed by atoms with Crippen LogP contribution in [0.15, 0.2) is 23.4 Å². The normalized spacial score (nSPS) is 17.3. The number of oxime groups is 1. The Labute approximate surface area is 137 Å². The average molecular weight is 322 g/mol. The Morgan fingerprint density at radius 1 is 1.39 bits per heavy atom. The molecule has 23 heavy (non-hydrogen) atoms.